The van der Waals surface area contributed by atoms with Crippen LogP contribution in [-0.4, -0.2) is 14.5 Å². The molecule has 0 radical (unpaired) electrons. The van der Waals surface area contributed by atoms with Crippen LogP contribution in [0, 0.1) is 23.2 Å². The molecule has 4 heteroatoms. The molecule has 2 unspecified atom stereocenters. The number of nitrogens with zero attached hydrogens (tertiary/aromatic N) is 2. The van der Waals surface area contributed by atoms with Gasteiger partial charge in [0.1, 0.15) is 0 Å². The van der Waals surface area contributed by atoms with Gasteiger partial charge < -0.3 is 4.53 Å². The minimum Gasteiger partial charge on any atom is -0.438 e. The second-order valence-electron chi connectivity index (χ2n) is 8.94. The number of rotatable bonds is 6. The lowest BCUT2D eigenvalue weighted by Gasteiger charge is -2.30. The van der Waals surface area contributed by atoms with Crippen LogP contribution in [0.2, 0.25) is 0 Å². The van der Waals surface area contributed by atoms with Gasteiger partial charge in [-0.1, -0.05) is 117 Å². The SMILES string of the molecule is N#CC1CCCCCCC(/C=N/O[Si](c2ccccc2)(c2ccccc2)c2ccccc2)C1. The summed E-state index contributed by atoms with van der Waals surface area (Å²) in [6.07, 6.45) is 9.75. The van der Waals surface area contributed by atoms with Gasteiger partial charge >= 0.3 is 8.32 Å². The maximum atomic E-state index is 9.60. The van der Waals surface area contributed by atoms with Crippen molar-refractivity contribution in [2.45, 2.75) is 44.9 Å². The van der Waals surface area contributed by atoms with Crippen molar-refractivity contribution in [2.75, 3.05) is 0 Å². The average Bonchev–Trinajstić information content (AvgIpc) is 3.00. The Kier molecular flexibility index (Phi) is 8.11. The summed E-state index contributed by atoms with van der Waals surface area (Å²) in [5.74, 6) is 0.390. The molecule has 3 aromatic carbocycles. The standard InChI is InChI=1S/C29H32N2OSi/c30-23-25-14-6-1-2-7-15-26(22-25)24-31-32-33(27-16-8-3-9-17-27,28-18-10-4-11-19-28)29-20-12-5-13-21-29/h3-5,8-13,16-21,24-26H,1-2,6-7,14-15,22H2/b31-24+. The Labute approximate surface area is 198 Å². The summed E-state index contributed by atoms with van der Waals surface area (Å²) in [5, 5.41) is 17.8. The second kappa shape index (κ2) is 11.6. The van der Waals surface area contributed by atoms with Crippen LogP contribution >= 0.6 is 0 Å². The predicted octanol–water partition coefficient (Wildman–Crippen LogP) is 5.16. The van der Waals surface area contributed by atoms with Crippen molar-refractivity contribution in [3.05, 3.63) is 91.0 Å². The molecule has 4 rings (SSSR count). The molecule has 0 bridgehead atoms. The quantitative estimate of drug-likeness (QED) is 0.225. The molecule has 1 fully saturated rings. The van der Waals surface area contributed by atoms with Crippen molar-refractivity contribution in [3.63, 3.8) is 0 Å². The lowest BCUT2D eigenvalue weighted by molar-refractivity contribution is 0.344. The van der Waals surface area contributed by atoms with E-state index in [0.29, 0.717) is 0 Å². The molecule has 168 valence electrons. The lowest BCUT2D eigenvalue weighted by atomic mass is 9.91. The highest BCUT2D eigenvalue weighted by atomic mass is 28.4. The van der Waals surface area contributed by atoms with Crippen LogP contribution in [0.5, 0.6) is 0 Å². The summed E-state index contributed by atoms with van der Waals surface area (Å²) in [4.78, 5) is 0. The van der Waals surface area contributed by atoms with E-state index < -0.39 is 8.32 Å². The van der Waals surface area contributed by atoms with Gasteiger partial charge in [-0.15, -0.1) is 5.16 Å². The summed E-state index contributed by atoms with van der Waals surface area (Å²) < 4.78 is 6.69. The molecule has 0 N–H and O–H groups in total. The molecule has 0 spiro atoms. The Balaban J connectivity index is 1.72. The van der Waals surface area contributed by atoms with E-state index in [-0.39, 0.29) is 11.8 Å². The van der Waals surface area contributed by atoms with Crippen LogP contribution in [0.25, 0.3) is 0 Å². The molecule has 1 aliphatic rings. The maximum absolute atomic E-state index is 9.60. The predicted molar refractivity (Wildman–Crippen MR) is 138 cm³/mol. The van der Waals surface area contributed by atoms with E-state index in [1.54, 1.807) is 0 Å². The van der Waals surface area contributed by atoms with Gasteiger partial charge in [0.15, 0.2) is 0 Å². The van der Waals surface area contributed by atoms with E-state index in [4.69, 9.17) is 9.68 Å². The molecule has 0 saturated heterocycles. The zero-order valence-electron chi connectivity index (χ0n) is 19.1. The first-order valence-electron chi connectivity index (χ1n) is 12.1. The van der Waals surface area contributed by atoms with Gasteiger partial charge in [-0.05, 0) is 40.7 Å². The second-order valence-corrected chi connectivity index (χ2v) is 12.2. The lowest BCUT2D eigenvalue weighted by Crippen LogP contribution is -2.68. The van der Waals surface area contributed by atoms with Gasteiger partial charge in [0.05, 0.1) is 6.07 Å². The topological polar surface area (TPSA) is 45.4 Å². The summed E-state index contributed by atoms with van der Waals surface area (Å²) >= 11 is 0. The smallest absolute Gasteiger partial charge is 0.380 e. The Morgan fingerprint density at radius 2 is 1.21 bits per heavy atom. The van der Waals surface area contributed by atoms with E-state index in [1.807, 2.05) is 24.4 Å². The third-order valence-corrected chi connectivity index (χ3v) is 10.5. The highest BCUT2D eigenvalue weighted by Gasteiger charge is 2.44. The number of benzene rings is 3. The molecule has 3 nitrogen and oxygen atoms in total. The Morgan fingerprint density at radius 1 is 0.727 bits per heavy atom. The van der Waals surface area contributed by atoms with Crippen molar-refractivity contribution < 1.29 is 4.53 Å². The van der Waals surface area contributed by atoms with Crippen molar-refractivity contribution in [1.29, 1.82) is 5.26 Å². The van der Waals surface area contributed by atoms with E-state index in [0.717, 1.165) is 25.7 Å². The Hall–Kier alpha value is -3.16. The molecule has 33 heavy (non-hydrogen) atoms. The van der Waals surface area contributed by atoms with Crippen LogP contribution in [0.4, 0.5) is 0 Å². The summed E-state index contributed by atoms with van der Waals surface area (Å²) in [5.41, 5.74) is 0. The summed E-state index contributed by atoms with van der Waals surface area (Å²) in [6.45, 7) is 0. The number of hydrogen-bond donors (Lipinski definition) is 0. The molecule has 0 aromatic heterocycles. The fourth-order valence-corrected chi connectivity index (χ4v) is 8.40. The van der Waals surface area contributed by atoms with Gasteiger partial charge in [-0.25, -0.2) is 0 Å². The van der Waals surface area contributed by atoms with Gasteiger partial charge in [-0.3, -0.25) is 0 Å². The Morgan fingerprint density at radius 3 is 1.70 bits per heavy atom. The third kappa shape index (κ3) is 5.61. The molecule has 0 heterocycles. The van der Waals surface area contributed by atoms with Crippen molar-refractivity contribution in [2.24, 2.45) is 17.0 Å². The van der Waals surface area contributed by atoms with E-state index in [2.05, 4.69) is 78.9 Å². The minimum absolute atomic E-state index is 0.110. The molecule has 1 saturated carbocycles. The van der Waals surface area contributed by atoms with Gasteiger partial charge in [0.25, 0.3) is 0 Å². The molecule has 1 aliphatic carbocycles. The molecule has 0 aliphatic heterocycles. The first-order valence-corrected chi connectivity index (χ1v) is 14.0. The first-order chi connectivity index (χ1) is 16.3. The van der Waals surface area contributed by atoms with E-state index >= 15 is 0 Å². The highest BCUT2D eigenvalue weighted by Crippen LogP contribution is 2.25. The fourth-order valence-electron chi connectivity index (χ4n) is 4.88. The summed E-state index contributed by atoms with van der Waals surface area (Å²) in [7, 11) is -2.83. The van der Waals surface area contributed by atoms with E-state index in [1.165, 1.54) is 34.8 Å². The van der Waals surface area contributed by atoms with Gasteiger partial charge in [0, 0.05) is 12.1 Å². The van der Waals surface area contributed by atoms with Crippen molar-refractivity contribution in [3.8, 4) is 6.07 Å². The van der Waals surface area contributed by atoms with Crippen LogP contribution in [0.15, 0.2) is 96.2 Å². The molecule has 0 amide bonds. The van der Waals surface area contributed by atoms with E-state index in [9.17, 15) is 5.26 Å². The van der Waals surface area contributed by atoms with Crippen molar-refractivity contribution in [1.82, 2.24) is 0 Å². The number of oxime groups is 1. The number of nitriles is 1. The molecule has 3 aromatic rings. The number of hydrogen-bond acceptors (Lipinski definition) is 3. The largest absolute Gasteiger partial charge is 0.438 e. The fraction of sp³-hybridized carbons (Fsp3) is 0.310. The molecule has 2 atom stereocenters. The van der Waals surface area contributed by atoms with Crippen LogP contribution < -0.4 is 15.6 Å². The molecular weight excluding hydrogens is 420 g/mol. The third-order valence-electron chi connectivity index (χ3n) is 6.65. The van der Waals surface area contributed by atoms with Gasteiger partial charge in [-0.2, -0.15) is 5.26 Å². The monoisotopic (exact) mass is 452 g/mol. The average molecular weight is 453 g/mol. The zero-order chi connectivity index (χ0) is 22.8. The normalized spacial score (nSPS) is 19.7. The molecular formula is C29H32N2OSi. The minimum atomic E-state index is -2.83. The zero-order valence-corrected chi connectivity index (χ0v) is 20.1. The summed E-state index contributed by atoms with van der Waals surface area (Å²) in [6, 6.07) is 34.1. The highest BCUT2D eigenvalue weighted by molar-refractivity contribution is 7.07. The Bertz CT molecular complexity index is 951. The van der Waals surface area contributed by atoms with Crippen molar-refractivity contribution >= 4 is 30.1 Å². The first kappa shape index (κ1) is 23.0. The van der Waals surface area contributed by atoms with Crippen LogP contribution in [-0.2, 0) is 4.53 Å². The maximum Gasteiger partial charge on any atom is 0.380 e. The van der Waals surface area contributed by atoms with Crippen LogP contribution in [0.3, 0.4) is 0 Å². The van der Waals surface area contributed by atoms with Gasteiger partial charge in [0.2, 0.25) is 0 Å². The van der Waals surface area contributed by atoms with Crippen LogP contribution in [0.1, 0.15) is 44.9 Å².